The molecule has 0 saturated carbocycles. The SMILES string of the molecule is CCCOc1ccc2cc([C@H](N)C(F)(F)F)ccc2c1. The number of nitrogens with two attached hydrogens (primary N) is 1. The van der Waals surface area contributed by atoms with Gasteiger partial charge >= 0.3 is 6.18 Å². The quantitative estimate of drug-likeness (QED) is 0.913. The predicted molar refractivity (Wildman–Crippen MR) is 72.7 cm³/mol. The van der Waals surface area contributed by atoms with Crippen LogP contribution in [0.3, 0.4) is 0 Å². The first-order chi connectivity index (χ1) is 9.41. The third-order valence-corrected chi connectivity index (χ3v) is 3.02. The van der Waals surface area contributed by atoms with Gasteiger partial charge in [0.25, 0.3) is 0 Å². The van der Waals surface area contributed by atoms with Gasteiger partial charge in [0, 0.05) is 0 Å². The van der Waals surface area contributed by atoms with Crippen molar-refractivity contribution in [2.24, 2.45) is 5.73 Å². The average molecular weight is 283 g/mol. The molecule has 0 aliphatic heterocycles. The maximum Gasteiger partial charge on any atom is 0.407 e. The van der Waals surface area contributed by atoms with Gasteiger partial charge in [-0.3, -0.25) is 0 Å². The zero-order valence-corrected chi connectivity index (χ0v) is 11.1. The Balaban J connectivity index is 2.31. The van der Waals surface area contributed by atoms with Gasteiger partial charge in [0.1, 0.15) is 11.8 Å². The van der Waals surface area contributed by atoms with E-state index in [1.807, 2.05) is 13.0 Å². The molecule has 0 aliphatic rings. The van der Waals surface area contributed by atoms with Crippen LogP contribution >= 0.6 is 0 Å². The summed E-state index contributed by atoms with van der Waals surface area (Å²) in [6, 6.07) is 7.86. The molecular weight excluding hydrogens is 267 g/mol. The maximum atomic E-state index is 12.6. The summed E-state index contributed by atoms with van der Waals surface area (Å²) in [5.74, 6) is 0.715. The van der Waals surface area contributed by atoms with Crippen LogP contribution in [0.1, 0.15) is 24.9 Å². The van der Waals surface area contributed by atoms with Gasteiger partial charge in [-0.05, 0) is 41.0 Å². The molecule has 0 heterocycles. The molecule has 2 nitrogen and oxygen atoms in total. The van der Waals surface area contributed by atoms with Gasteiger partial charge in [-0.2, -0.15) is 13.2 Å². The van der Waals surface area contributed by atoms with Crippen molar-refractivity contribution >= 4 is 10.8 Å². The fourth-order valence-corrected chi connectivity index (χ4v) is 1.93. The van der Waals surface area contributed by atoms with Crippen molar-refractivity contribution in [3.8, 4) is 5.75 Å². The van der Waals surface area contributed by atoms with Crippen molar-refractivity contribution in [3.05, 3.63) is 42.0 Å². The molecule has 108 valence electrons. The molecule has 0 amide bonds. The van der Waals surface area contributed by atoms with Gasteiger partial charge in [-0.15, -0.1) is 0 Å². The minimum absolute atomic E-state index is 0.0622. The number of alkyl halides is 3. The van der Waals surface area contributed by atoms with Crippen molar-refractivity contribution < 1.29 is 17.9 Å². The molecular formula is C15H16F3NO. The molecule has 0 saturated heterocycles. The zero-order valence-electron chi connectivity index (χ0n) is 11.1. The average Bonchev–Trinajstić information content (AvgIpc) is 2.42. The molecule has 0 fully saturated rings. The number of benzene rings is 2. The van der Waals surface area contributed by atoms with Crippen molar-refractivity contribution in [2.45, 2.75) is 25.6 Å². The summed E-state index contributed by atoms with van der Waals surface area (Å²) in [6.07, 6.45) is -3.53. The van der Waals surface area contributed by atoms with Crippen LogP contribution in [-0.2, 0) is 0 Å². The third-order valence-electron chi connectivity index (χ3n) is 3.02. The number of halogens is 3. The van der Waals surface area contributed by atoms with E-state index in [9.17, 15) is 13.2 Å². The van der Waals surface area contributed by atoms with Gasteiger partial charge in [0.15, 0.2) is 0 Å². The highest BCUT2D eigenvalue weighted by molar-refractivity contribution is 5.84. The Morgan fingerprint density at radius 3 is 2.40 bits per heavy atom. The molecule has 0 radical (unpaired) electrons. The van der Waals surface area contributed by atoms with E-state index >= 15 is 0 Å². The summed E-state index contributed by atoms with van der Waals surface area (Å²) >= 11 is 0. The summed E-state index contributed by atoms with van der Waals surface area (Å²) in [5.41, 5.74) is 5.27. The number of ether oxygens (including phenoxy) is 1. The molecule has 0 bridgehead atoms. The minimum Gasteiger partial charge on any atom is -0.494 e. The fraction of sp³-hybridized carbons (Fsp3) is 0.333. The highest BCUT2D eigenvalue weighted by Gasteiger charge is 2.37. The first kappa shape index (κ1) is 14.7. The first-order valence-corrected chi connectivity index (χ1v) is 6.40. The van der Waals surface area contributed by atoms with Crippen LogP contribution in [0, 0.1) is 0 Å². The summed E-state index contributed by atoms with van der Waals surface area (Å²) in [7, 11) is 0. The Morgan fingerprint density at radius 1 is 1.10 bits per heavy atom. The molecule has 0 aliphatic carbocycles. The normalized spacial score (nSPS) is 13.4. The summed E-state index contributed by atoms with van der Waals surface area (Å²) in [5, 5.41) is 1.54. The van der Waals surface area contributed by atoms with Crippen LogP contribution in [0.15, 0.2) is 36.4 Å². The standard InChI is InChI=1S/C15H16F3NO/c1-2-7-20-13-6-5-10-8-12(4-3-11(10)9-13)14(19)15(16,17)18/h3-6,8-9,14H,2,7,19H2,1H3/t14-/m0/s1. The molecule has 0 spiro atoms. The largest absolute Gasteiger partial charge is 0.494 e. The highest BCUT2D eigenvalue weighted by Crippen LogP contribution is 2.32. The van der Waals surface area contributed by atoms with Crippen molar-refractivity contribution in [1.82, 2.24) is 0 Å². The lowest BCUT2D eigenvalue weighted by Gasteiger charge is -2.16. The lowest BCUT2D eigenvalue weighted by atomic mass is 10.0. The van der Waals surface area contributed by atoms with Crippen LogP contribution in [0.5, 0.6) is 5.75 Å². The Bertz CT molecular complexity index is 595. The summed E-state index contributed by atoms with van der Waals surface area (Å²) in [6.45, 7) is 2.62. The molecule has 0 aromatic heterocycles. The molecule has 1 atom stereocenters. The van der Waals surface area contributed by atoms with Crippen molar-refractivity contribution in [3.63, 3.8) is 0 Å². The Labute approximate surface area is 115 Å². The Kier molecular flexibility index (Phi) is 4.18. The van der Waals surface area contributed by atoms with Crippen LogP contribution in [-0.4, -0.2) is 12.8 Å². The molecule has 2 rings (SSSR count). The smallest absolute Gasteiger partial charge is 0.407 e. The van der Waals surface area contributed by atoms with E-state index in [1.165, 1.54) is 12.1 Å². The van der Waals surface area contributed by atoms with Crippen LogP contribution in [0.25, 0.3) is 10.8 Å². The van der Waals surface area contributed by atoms with E-state index in [2.05, 4.69) is 0 Å². The lowest BCUT2D eigenvalue weighted by molar-refractivity contribution is -0.149. The second-order valence-corrected chi connectivity index (χ2v) is 4.64. The molecule has 20 heavy (non-hydrogen) atoms. The van der Waals surface area contributed by atoms with E-state index in [0.717, 1.165) is 11.8 Å². The van der Waals surface area contributed by atoms with E-state index in [0.29, 0.717) is 17.7 Å². The third kappa shape index (κ3) is 3.22. The molecule has 0 unspecified atom stereocenters. The minimum atomic E-state index is -4.43. The van der Waals surface area contributed by atoms with Crippen molar-refractivity contribution in [2.75, 3.05) is 6.61 Å². The van der Waals surface area contributed by atoms with Gasteiger partial charge in [-0.1, -0.05) is 25.1 Å². The van der Waals surface area contributed by atoms with E-state index in [-0.39, 0.29) is 5.56 Å². The van der Waals surface area contributed by atoms with Gasteiger partial charge in [0.2, 0.25) is 0 Å². The second-order valence-electron chi connectivity index (χ2n) is 4.64. The lowest BCUT2D eigenvalue weighted by Crippen LogP contribution is -2.28. The number of hydrogen-bond acceptors (Lipinski definition) is 2. The monoisotopic (exact) mass is 283 g/mol. The number of fused-ring (bicyclic) bond motifs is 1. The van der Waals surface area contributed by atoms with Crippen LogP contribution in [0.2, 0.25) is 0 Å². The van der Waals surface area contributed by atoms with Gasteiger partial charge < -0.3 is 10.5 Å². The van der Waals surface area contributed by atoms with Crippen LogP contribution < -0.4 is 10.5 Å². The Morgan fingerprint density at radius 2 is 1.75 bits per heavy atom. The fourth-order valence-electron chi connectivity index (χ4n) is 1.93. The first-order valence-electron chi connectivity index (χ1n) is 6.40. The molecule has 5 heteroatoms. The maximum absolute atomic E-state index is 12.6. The van der Waals surface area contributed by atoms with E-state index in [1.54, 1.807) is 18.2 Å². The molecule has 2 N–H and O–H groups in total. The van der Waals surface area contributed by atoms with Gasteiger partial charge in [0.05, 0.1) is 6.61 Å². The topological polar surface area (TPSA) is 35.2 Å². The summed E-state index contributed by atoms with van der Waals surface area (Å²) in [4.78, 5) is 0. The highest BCUT2D eigenvalue weighted by atomic mass is 19.4. The number of rotatable bonds is 4. The van der Waals surface area contributed by atoms with Gasteiger partial charge in [-0.25, -0.2) is 0 Å². The number of hydrogen-bond donors (Lipinski definition) is 1. The zero-order chi connectivity index (χ0) is 14.8. The summed E-state index contributed by atoms with van der Waals surface area (Å²) < 4.78 is 43.3. The van der Waals surface area contributed by atoms with E-state index in [4.69, 9.17) is 10.5 Å². The van der Waals surface area contributed by atoms with E-state index < -0.39 is 12.2 Å². The van der Waals surface area contributed by atoms with Crippen molar-refractivity contribution in [1.29, 1.82) is 0 Å². The van der Waals surface area contributed by atoms with Crippen LogP contribution in [0.4, 0.5) is 13.2 Å². The Hall–Kier alpha value is -1.75. The molecule has 2 aromatic rings. The predicted octanol–water partition coefficient (Wildman–Crippen LogP) is 4.19. The second kappa shape index (κ2) is 5.71. The molecule has 2 aromatic carbocycles.